The minimum Gasteiger partial charge on any atom is -0.598 e. The van der Waals surface area contributed by atoms with Gasteiger partial charge in [0.15, 0.2) is 11.3 Å². The number of ether oxygens (including phenoxy) is 1. The summed E-state index contributed by atoms with van der Waals surface area (Å²) in [5, 5.41) is 10.1. The number of para-hydroxylation sites is 1. The summed E-state index contributed by atoms with van der Waals surface area (Å²) in [6, 6.07) is 7.21. The zero-order chi connectivity index (χ0) is 18.1. The predicted molar refractivity (Wildman–Crippen MR) is 93.4 cm³/mol. The third-order valence-electron chi connectivity index (χ3n) is 3.65. The number of carboxylic acid groups (broad SMARTS) is 1. The fourth-order valence-corrected chi connectivity index (χ4v) is 3.19. The lowest BCUT2D eigenvalue weighted by Gasteiger charge is -2.32. The van der Waals surface area contributed by atoms with Gasteiger partial charge in [-0.2, -0.15) is 0 Å². The first kappa shape index (κ1) is 18.6. The molecule has 2 aromatic rings. The number of hydrogen-bond acceptors (Lipinski definition) is 5. The van der Waals surface area contributed by atoms with Crippen molar-refractivity contribution in [1.82, 2.24) is 4.72 Å². The van der Waals surface area contributed by atoms with Crippen LogP contribution >= 0.6 is 0 Å². The highest BCUT2D eigenvalue weighted by atomic mass is 32.2. The van der Waals surface area contributed by atoms with E-state index >= 15 is 0 Å². The highest BCUT2D eigenvalue weighted by Crippen LogP contribution is 2.36. The zero-order valence-corrected chi connectivity index (χ0v) is 15.3. The molecule has 1 heterocycles. The van der Waals surface area contributed by atoms with Crippen LogP contribution in [0.2, 0.25) is 0 Å². The van der Waals surface area contributed by atoms with Crippen molar-refractivity contribution >= 4 is 28.3 Å². The largest absolute Gasteiger partial charge is 0.598 e. The van der Waals surface area contributed by atoms with Gasteiger partial charge in [0.1, 0.15) is 16.0 Å². The molecule has 0 spiro atoms. The van der Waals surface area contributed by atoms with Crippen LogP contribution in [0, 0.1) is 0 Å². The maximum atomic E-state index is 12.5. The minimum atomic E-state index is -1.46. The number of fused-ring (bicyclic) bond motifs is 1. The summed E-state index contributed by atoms with van der Waals surface area (Å²) < 4.78 is 26.1. The molecule has 132 valence electrons. The lowest BCUT2D eigenvalue weighted by atomic mass is 9.96. The molecule has 0 radical (unpaired) electrons. The molecular formula is C17H23NO5S. The summed E-state index contributed by atoms with van der Waals surface area (Å²) in [4.78, 5) is 11.4. The summed E-state index contributed by atoms with van der Waals surface area (Å²) in [6.07, 6.45) is -0.267. The molecule has 2 atom stereocenters. The standard InChI is InChI=1S/C17H23NO5S/c1-16(2,3)24(21)18-17(4,10-14(19)20)13-9-11-7-6-8-12(22-5)15(11)23-13/h6-9,18H,10H2,1-5H3,(H,19,20)/t17?,24-/m1/s1. The van der Waals surface area contributed by atoms with Gasteiger partial charge in [-0.05, 0) is 39.8 Å². The normalized spacial score (nSPS) is 15.9. The number of carboxylic acids is 1. The van der Waals surface area contributed by atoms with Crippen molar-refractivity contribution in [3.05, 3.63) is 30.0 Å². The van der Waals surface area contributed by atoms with Crippen molar-refractivity contribution in [2.24, 2.45) is 0 Å². The third-order valence-corrected chi connectivity index (χ3v) is 5.40. The number of rotatable bonds is 6. The van der Waals surface area contributed by atoms with E-state index in [0.717, 1.165) is 5.39 Å². The molecular weight excluding hydrogens is 330 g/mol. The molecule has 0 saturated carbocycles. The molecule has 0 aliphatic rings. The summed E-state index contributed by atoms with van der Waals surface area (Å²) in [5.74, 6) is -0.0429. The van der Waals surface area contributed by atoms with Crippen LogP contribution in [0.4, 0.5) is 0 Å². The van der Waals surface area contributed by atoms with Gasteiger partial charge < -0.3 is 18.8 Å². The van der Waals surface area contributed by atoms with Crippen LogP contribution in [0.1, 0.15) is 39.9 Å². The summed E-state index contributed by atoms with van der Waals surface area (Å²) in [7, 11) is 1.54. The average Bonchev–Trinajstić information content (AvgIpc) is 2.89. The Morgan fingerprint density at radius 1 is 1.38 bits per heavy atom. The van der Waals surface area contributed by atoms with E-state index in [0.29, 0.717) is 17.1 Å². The van der Waals surface area contributed by atoms with Crippen molar-refractivity contribution < 1.29 is 23.6 Å². The van der Waals surface area contributed by atoms with Crippen molar-refractivity contribution in [3.8, 4) is 5.75 Å². The van der Waals surface area contributed by atoms with Crippen LogP contribution in [0.5, 0.6) is 5.75 Å². The molecule has 24 heavy (non-hydrogen) atoms. The minimum absolute atomic E-state index is 0.267. The van der Waals surface area contributed by atoms with Crippen LogP contribution in [-0.2, 0) is 21.7 Å². The Morgan fingerprint density at radius 2 is 2.04 bits per heavy atom. The molecule has 0 amide bonds. The number of carbonyl (C=O) groups is 1. The first-order valence-corrected chi connectivity index (χ1v) is 8.70. The van der Waals surface area contributed by atoms with Gasteiger partial charge in [0, 0.05) is 16.7 Å². The molecule has 0 aliphatic carbocycles. The van der Waals surface area contributed by atoms with Crippen LogP contribution < -0.4 is 9.46 Å². The highest BCUT2D eigenvalue weighted by molar-refractivity contribution is 7.90. The number of hydrogen-bond donors (Lipinski definition) is 2. The quantitative estimate of drug-likeness (QED) is 0.775. The summed E-state index contributed by atoms with van der Waals surface area (Å²) in [6.45, 7) is 7.13. The number of methoxy groups -OCH3 is 1. The molecule has 0 aliphatic heterocycles. The van der Waals surface area contributed by atoms with Crippen LogP contribution in [0.15, 0.2) is 28.7 Å². The molecule has 1 unspecified atom stereocenters. The number of aliphatic carboxylic acids is 1. The van der Waals surface area contributed by atoms with Crippen LogP contribution in [0.3, 0.4) is 0 Å². The second-order valence-electron chi connectivity index (χ2n) is 6.88. The van der Waals surface area contributed by atoms with Crippen molar-refractivity contribution in [1.29, 1.82) is 0 Å². The number of nitrogens with one attached hydrogen (secondary N) is 1. The van der Waals surface area contributed by atoms with Gasteiger partial charge in [-0.15, -0.1) is 4.72 Å². The lowest BCUT2D eigenvalue weighted by Crippen LogP contribution is -2.50. The van der Waals surface area contributed by atoms with E-state index in [2.05, 4.69) is 4.72 Å². The third kappa shape index (κ3) is 3.85. The van der Waals surface area contributed by atoms with Crippen molar-refractivity contribution in [3.63, 3.8) is 0 Å². The molecule has 0 bridgehead atoms. The summed E-state index contributed by atoms with van der Waals surface area (Å²) >= 11 is -1.46. The smallest absolute Gasteiger partial charge is 0.305 e. The van der Waals surface area contributed by atoms with E-state index in [4.69, 9.17) is 9.15 Å². The van der Waals surface area contributed by atoms with Gasteiger partial charge in [0.05, 0.1) is 13.5 Å². The van der Waals surface area contributed by atoms with Gasteiger partial charge in [0.2, 0.25) is 0 Å². The van der Waals surface area contributed by atoms with E-state index in [-0.39, 0.29) is 6.42 Å². The van der Waals surface area contributed by atoms with E-state index < -0.39 is 27.6 Å². The molecule has 0 fully saturated rings. The zero-order valence-electron chi connectivity index (χ0n) is 14.5. The monoisotopic (exact) mass is 353 g/mol. The van der Waals surface area contributed by atoms with E-state index in [1.54, 1.807) is 26.2 Å². The van der Waals surface area contributed by atoms with Crippen molar-refractivity contribution in [2.75, 3.05) is 7.11 Å². The average molecular weight is 353 g/mol. The molecule has 0 saturated heterocycles. The maximum absolute atomic E-state index is 12.5. The Labute approximate surface area is 144 Å². The van der Waals surface area contributed by atoms with Gasteiger partial charge >= 0.3 is 5.97 Å². The Hall–Kier alpha value is -1.70. The first-order valence-electron chi connectivity index (χ1n) is 7.55. The predicted octanol–water partition coefficient (Wildman–Crippen LogP) is 3.18. The molecule has 2 N–H and O–H groups in total. The fourth-order valence-electron chi connectivity index (χ4n) is 2.30. The summed E-state index contributed by atoms with van der Waals surface area (Å²) in [5.41, 5.74) is -0.580. The van der Waals surface area contributed by atoms with E-state index in [1.165, 1.54) is 0 Å². The molecule has 1 aromatic heterocycles. The molecule has 7 heteroatoms. The maximum Gasteiger partial charge on any atom is 0.305 e. The number of benzene rings is 1. The Balaban J connectivity index is 2.49. The van der Waals surface area contributed by atoms with Gasteiger partial charge in [-0.25, -0.2) is 0 Å². The molecule has 6 nitrogen and oxygen atoms in total. The second-order valence-corrected chi connectivity index (χ2v) is 8.84. The Kier molecular flexibility index (Phi) is 5.17. The SMILES string of the molecule is COc1cccc2cc(C(C)(CC(=O)O)N[S@+]([O-])C(C)(C)C)oc12. The molecule has 1 aromatic carbocycles. The molecule has 2 rings (SSSR count). The van der Waals surface area contributed by atoms with Crippen LogP contribution in [-0.4, -0.2) is 27.5 Å². The fraction of sp³-hybridized carbons (Fsp3) is 0.471. The van der Waals surface area contributed by atoms with Gasteiger partial charge in [0.25, 0.3) is 0 Å². The van der Waals surface area contributed by atoms with Crippen molar-refractivity contribution in [2.45, 2.75) is 44.4 Å². The highest BCUT2D eigenvalue weighted by Gasteiger charge is 2.41. The lowest BCUT2D eigenvalue weighted by molar-refractivity contribution is -0.138. The topological polar surface area (TPSA) is 94.8 Å². The first-order chi connectivity index (χ1) is 11.1. The van der Waals surface area contributed by atoms with E-state index in [9.17, 15) is 14.5 Å². The van der Waals surface area contributed by atoms with Crippen LogP contribution in [0.25, 0.3) is 11.0 Å². The Bertz CT molecular complexity index is 736. The second kappa shape index (κ2) is 6.66. The van der Waals surface area contributed by atoms with Gasteiger partial charge in [-0.1, -0.05) is 12.1 Å². The Morgan fingerprint density at radius 3 is 2.58 bits per heavy atom. The van der Waals surface area contributed by atoms with Gasteiger partial charge in [-0.3, -0.25) is 4.79 Å². The van der Waals surface area contributed by atoms with E-state index in [1.807, 2.05) is 32.9 Å². The number of furan rings is 1.